The first kappa shape index (κ1) is 30.3. The number of epoxide rings is 1. The number of esters is 1. The summed E-state index contributed by atoms with van der Waals surface area (Å²) in [5.74, 6) is -0.602. The highest BCUT2D eigenvalue weighted by atomic mass is 32.2. The normalized spacial score (nSPS) is 36.1. The topological polar surface area (TPSA) is 109 Å². The van der Waals surface area contributed by atoms with E-state index in [0.29, 0.717) is 6.42 Å². The summed E-state index contributed by atoms with van der Waals surface area (Å²) in [7, 11) is 0. The van der Waals surface area contributed by atoms with Gasteiger partial charge in [0.1, 0.15) is 11.9 Å². The minimum Gasteiger partial charge on any atom is -0.458 e. The van der Waals surface area contributed by atoms with Crippen LogP contribution in [0.2, 0.25) is 0 Å². The fraction of sp³-hybridized carbons (Fsp3) is 0.750. The molecule has 2 N–H and O–H groups in total. The van der Waals surface area contributed by atoms with Crippen LogP contribution in [0.15, 0.2) is 15.3 Å². The van der Waals surface area contributed by atoms with Crippen molar-refractivity contribution in [3.05, 3.63) is 16.6 Å². The summed E-state index contributed by atoms with van der Waals surface area (Å²) in [4.78, 5) is 30.9. The number of hydrogen-bond donors (Lipinski definition) is 2. The molecule has 0 aliphatic carbocycles. The smallest absolute Gasteiger partial charge is 0.309 e. The molecular formula is C28H43NO6S2. The van der Waals surface area contributed by atoms with Crippen molar-refractivity contribution in [3.8, 4) is 0 Å². The number of rotatable bonds is 4. The molecule has 0 amide bonds. The van der Waals surface area contributed by atoms with Crippen molar-refractivity contribution in [2.75, 3.05) is 5.75 Å². The zero-order valence-electron chi connectivity index (χ0n) is 23.2. The van der Waals surface area contributed by atoms with Crippen LogP contribution in [0.3, 0.4) is 0 Å². The third kappa shape index (κ3) is 7.44. The number of ketones is 1. The Hall–Kier alpha value is -1.26. The van der Waals surface area contributed by atoms with Crippen molar-refractivity contribution in [2.24, 2.45) is 17.3 Å². The molecule has 0 saturated carbocycles. The van der Waals surface area contributed by atoms with Gasteiger partial charge in [0.25, 0.3) is 0 Å². The third-order valence-corrected chi connectivity index (χ3v) is 9.98. The van der Waals surface area contributed by atoms with E-state index in [1.54, 1.807) is 43.9 Å². The first-order valence-corrected chi connectivity index (χ1v) is 15.2. The Bertz CT molecular complexity index is 991. The quantitative estimate of drug-likeness (QED) is 0.294. The molecule has 1 aromatic rings. The summed E-state index contributed by atoms with van der Waals surface area (Å²) in [6.45, 7) is 13.0. The molecule has 2 fully saturated rings. The van der Waals surface area contributed by atoms with Gasteiger partial charge in [0.05, 0.1) is 41.4 Å². The minimum atomic E-state index is -1.23. The second-order valence-electron chi connectivity index (χ2n) is 11.4. The Morgan fingerprint density at radius 2 is 1.97 bits per heavy atom. The molecule has 0 aromatic carbocycles. The summed E-state index contributed by atoms with van der Waals surface area (Å²) in [6.07, 6.45) is 1.98. The van der Waals surface area contributed by atoms with E-state index in [4.69, 9.17) is 9.47 Å². The lowest BCUT2D eigenvalue weighted by Crippen LogP contribution is -2.45. The van der Waals surface area contributed by atoms with E-state index in [1.165, 1.54) is 0 Å². The van der Waals surface area contributed by atoms with Gasteiger partial charge in [-0.15, -0.1) is 11.3 Å². The van der Waals surface area contributed by atoms with Crippen molar-refractivity contribution in [2.45, 2.75) is 115 Å². The van der Waals surface area contributed by atoms with E-state index >= 15 is 0 Å². The monoisotopic (exact) mass is 553 g/mol. The van der Waals surface area contributed by atoms with Crippen LogP contribution in [0.25, 0.3) is 6.08 Å². The lowest BCUT2D eigenvalue weighted by Gasteiger charge is -2.34. The molecule has 37 heavy (non-hydrogen) atoms. The second-order valence-corrected chi connectivity index (χ2v) is 13.8. The highest BCUT2D eigenvalue weighted by molar-refractivity contribution is 8.00. The molecule has 1 aromatic heterocycles. The van der Waals surface area contributed by atoms with Crippen LogP contribution in [-0.4, -0.2) is 62.7 Å². The number of aromatic nitrogens is 1. The Balaban J connectivity index is 1.84. The molecular weight excluding hydrogens is 510 g/mol. The predicted molar refractivity (Wildman–Crippen MR) is 148 cm³/mol. The number of Topliss-reactive ketones (excluding diaryl/α,β-unsaturated/α-hetero) is 1. The van der Waals surface area contributed by atoms with Crippen LogP contribution in [0.5, 0.6) is 0 Å². The van der Waals surface area contributed by atoms with Crippen LogP contribution >= 0.6 is 23.1 Å². The fourth-order valence-electron chi connectivity index (χ4n) is 5.15. The molecule has 208 valence electrons. The molecule has 2 aliphatic heterocycles. The van der Waals surface area contributed by atoms with E-state index in [2.05, 4.69) is 18.8 Å². The van der Waals surface area contributed by atoms with Crippen molar-refractivity contribution < 1.29 is 29.3 Å². The maximum atomic E-state index is 13.3. The van der Waals surface area contributed by atoms with Gasteiger partial charge in [-0.1, -0.05) is 52.8 Å². The van der Waals surface area contributed by atoms with Gasteiger partial charge in [-0.05, 0) is 50.0 Å². The van der Waals surface area contributed by atoms with Gasteiger partial charge in [0.2, 0.25) is 0 Å². The van der Waals surface area contributed by atoms with Gasteiger partial charge >= 0.3 is 5.97 Å². The van der Waals surface area contributed by atoms with Crippen LogP contribution in [0, 0.1) is 17.3 Å². The number of nitrogens with zero attached hydrogens (tertiary/aromatic N) is 1. The molecule has 7 nitrogen and oxygen atoms in total. The summed E-state index contributed by atoms with van der Waals surface area (Å²) < 4.78 is 13.0. The van der Waals surface area contributed by atoms with Gasteiger partial charge in [0.15, 0.2) is 4.34 Å². The lowest BCUT2D eigenvalue weighted by molar-refractivity contribution is -0.154. The molecule has 7 atom stereocenters. The standard InChI is InChI=1S/C28H43NO6S2/c1-8-36-26-29-19(15-37-26)12-17(3)20-13-22-28(7,35-22)11-9-10-16(2)24(32)18(4)25(33)27(5,6)21(30)14-23(31)34-20/h12,15-16,18,20-22,24,30,32H,8-11,13-14H2,1-7H3/b17-12+/t16-,18+,20-,21-,22-,24-,28+/m0/s1. The zero-order valence-corrected chi connectivity index (χ0v) is 24.8. The van der Waals surface area contributed by atoms with Gasteiger partial charge in [-0.25, -0.2) is 4.98 Å². The van der Waals surface area contributed by atoms with Crippen molar-refractivity contribution in [1.82, 2.24) is 4.98 Å². The number of aliphatic hydroxyl groups excluding tert-OH is 2. The van der Waals surface area contributed by atoms with Gasteiger partial charge in [0, 0.05) is 17.7 Å². The van der Waals surface area contributed by atoms with Crippen LogP contribution < -0.4 is 0 Å². The zero-order chi connectivity index (χ0) is 27.5. The van der Waals surface area contributed by atoms with E-state index in [9.17, 15) is 19.8 Å². The molecule has 3 rings (SSSR count). The number of ether oxygens (including phenoxy) is 2. The number of thioether (sulfide) groups is 1. The SMILES string of the molecule is CCSc1nc(/C=C(\C)[C@@H]2C[C@@H]3O[C@]3(C)CCC[C@H](C)[C@H](O)[C@@H](C)C(=O)C(C)(C)[C@@H](O)CC(=O)O2)cs1. The Labute approximate surface area is 229 Å². The number of fused-ring (bicyclic) bond motifs is 1. The molecule has 2 saturated heterocycles. The number of aliphatic hydroxyl groups is 2. The number of cyclic esters (lactones) is 1. The van der Waals surface area contributed by atoms with Crippen LogP contribution in [-0.2, 0) is 19.1 Å². The average molecular weight is 554 g/mol. The summed E-state index contributed by atoms with van der Waals surface area (Å²) in [5, 5.41) is 23.8. The predicted octanol–water partition coefficient (Wildman–Crippen LogP) is 5.28. The Morgan fingerprint density at radius 1 is 1.27 bits per heavy atom. The van der Waals surface area contributed by atoms with Gasteiger partial charge in [-0.3, -0.25) is 9.59 Å². The molecule has 9 heteroatoms. The van der Waals surface area contributed by atoms with Crippen LogP contribution in [0.4, 0.5) is 0 Å². The molecule has 2 aliphatic rings. The molecule has 0 radical (unpaired) electrons. The summed E-state index contributed by atoms with van der Waals surface area (Å²) in [5.41, 5.74) is 0.180. The van der Waals surface area contributed by atoms with Gasteiger partial charge in [-0.2, -0.15) is 0 Å². The summed E-state index contributed by atoms with van der Waals surface area (Å²) in [6, 6.07) is 0. The number of thiazole rings is 1. The Morgan fingerprint density at radius 3 is 2.65 bits per heavy atom. The third-order valence-electron chi connectivity index (χ3n) is 8.06. The lowest BCUT2D eigenvalue weighted by atomic mass is 9.73. The highest BCUT2D eigenvalue weighted by Crippen LogP contribution is 2.45. The van der Waals surface area contributed by atoms with Crippen LogP contribution in [0.1, 0.15) is 86.3 Å². The summed E-state index contributed by atoms with van der Waals surface area (Å²) >= 11 is 3.28. The van der Waals surface area contributed by atoms with Gasteiger partial charge < -0.3 is 19.7 Å². The number of carbonyl (C=O) groups excluding carboxylic acids is 2. The fourth-order valence-corrected chi connectivity index (χ4v) is 6.83. The number of carbonyl (C=O) groups is 2. The van der Waals surface area contributed by atoms with Crippen molar-refractivity contribution in [1.29, 1.82) is 0 Å². The minimum absolute atomic E-state index is 0.0507. The maximum Gasteiger partial charge on any atom is 0.309 e. The van der Waals surface area contributed by atoms with E-state index in [0.717, 1.165) is 40.6 Å². The average Bonchev–Trinajstić information content (AvgIpc) is 3.24. The Kier molecular flexibility index (Phi) is 10.1. The van der Waals surface area contributed by atoms with Crippen molar-refractivity contribution >= 4 is 40.9 Å². The van der Waals surface area contributed by atoms with E-state index < -0.39 is 35.6 Å². The second kappa shape index (κ2) is 12.3. The molecule has 3 heterocycles. The largest absolute Gasteiger partial charge is 0.458 e. The van der Waals surface area contributed by atoms with Crippen molar-refractivity contribution in [3.63, 3.8) is 0 Å². The first-order chi connectivity index (χ1) is 17.3. The first-order valence-electron chi connectivity index (χ1n) is 13.3. The molecule has 0 unspecified atom stereocenters. The van der Waals surface area contributed by atoms with E-state index in [-0.39, 0.29) is 29.8 Å². The van der Waals surface area contributed by atoms with E-state index in [1.807, 2.05) is 25.3 Å². The molecule has 0 spiro atoms. The number of hydrogen-bond acceptors (Lipinski definition) is 9. The highest BCUT2D eigenvalue weighted by Gasteiger charge is 2.53. The maximum absolute atomic E-state index is 13.3. The molecule has 0 bridgehead atoms.